The number of amides is 1. The summed E-state index contributed by atoms with van der Waals surface area (Å²) in [5.74, 6) is -1.44. The van der Waals surface area contributed by atoms with Gasteiger partial charge >= 0.3 is 6.18 Å². The third kappa shape index (κ3) is 5.57. The van der Waals surface area contributed by atoms with Crippen LogP contribution in [0.25, 0.3) is 0 Å². The monoisotopic (exact) mass is 431 g/mol. The second-order valence-corrected chi connectivity index (χ2v) is 7.04. The van der Waals surface area contributed by atoms with Gasteiger partial charge in [-0.2, -0.15) is 13.2 Å². The van der Waals surface area contributed by atoms with E-state index in [-0.39, 0.29) is 29.0 Å². The third-order valence-corrected chi connectivity index (χ3v) is 4.85. The molecular weight excluding hydrogens is 414 g/mol. The Bertz CT molecular complexity index is 886. The van der Waals surface area contributed by atoms with Crippen LogP contribution in [0.3, 0.4) is 0 Å². The molecule has 0 bridgehead atoms. The van der Waals surface area contributed by atoms with Crippen LogP contribution in [0.2, 0.25) is 5.02 Å². The second-order valence-electron chi connectivity index (χ2n) is 6.63. The molecule has 1 aromatic carbocycles. The predicted octanol–water partition coefficient (Wildman–Crippen LogP) is 4.79. The number of rotatable bonds is 5. The molecule has 29 heavy (non-hydrogen) atoms. The normalized spacial score (nSPS) is 15.2. The molecule has 2 heterocycles. The molecular formula is C19H18ClF4N3O2. The minimum absolute atomic E-state index is 0.0151. The van der Waals surface area contributed by atoms with E-state index in [1.165, 1.54) is 6.07 Å². The Morgan fingerprint density at radius 2 is 1.97 bits per heavy atom. The van der Waals surface area contributed by atoms with E-state index in [9.17, 15) is 22.4 Å². The molecule has 0 spiro atoms. The smallest absolute Gasteiger partial charge is 0.381 e. The zero-order valence-corrected chi connectivity index (χ0v) is 15.9. The highest BCUT2D eigenvalue weighted by atomic mass is 35.5. The van der Waals surface area contributed by atoms with Crippen molar-refractivity contribution in [1.29, 1.82) is 0 Å². The lowest BCUT2D eigenvalue weighted by molar-refractivity contribution is -0.137. The Labute approximate surface area is 169 Å². The van der Waals surface area contributed by atoms with Crippen LogP contribution in [0.5, 0.6) is 0 Å². The minimum Gasteiger partial charge on any atom is -0.381 e. The molecule has 1 fully saturated rings. The maximum Gasteiger partial charge on any atom is 0.417 e. The van der Waals surface area contributed by atoms with Crippen molar-refractivity contribution in [2.45, 2.75) is 19.0 Å². The van der Waals surface area contributed by atoms with Crippen LogP contribution >= 0.6 is 11.6 Å². The van der Waals surface area contributed by atoms with E-state index in [0.29, 0.717) is 13.2 Å². The number of hydrogen-bond acceptors (Lipinski definition) is 4. The number of alkyl halides is 3. The lowest BCUT2D eigenvalue weighted by Crippen LogP contribution is -2.33. The second kappa shape index (κ2) is 8.96. The Kier molecular flexibility index (Phi) is 6.59. The molecule has 2 aromatic rings. The molecule has 2 N–H and O–H groups in total. The first kappa shape index (κ1) is 21.3. The van der Waals surface area contributed by atoms with Gasteiger partial charge in [0.1, 0.15) is 11.6 Å². The van der Waals surface area contributed by atoms with Gasteiger partial charge in [-0.15, -0.1) is 0 Å². The van der Waals surface area contributed by atoms with Crippen molar-refractivity contribution >= 4 is 29.0 Å². The van der Waals surface area contributed by atoms with Gasteiger partial charge in [-0.05, 0) is 43.0 Å². The number of anilines is 2. The number of hydrogen-bond donors (Lipinski definition) is 2. The highest BCUT2D eigenvalue weighted by molar-refractivity contribution is 6.33. The van der Waals surface area contributed by atoms with E-state index in [2.05, 4.69) is 15.6 Å². The van der Waals surface area contributed by atoms with Crippen molar-refractivity contribution in [1.82, 2.24) is 10.3 Å². The molecule has 156 valence electrons. The number of aromatic nitrogens is 1. The number of nitrogens with one attached hydrogen (secondary N) is 2. The molecule has 1 aliphatic rings. The number of ether oxygens (including phenoxy) is 1. The van der Waals surface area contributed by atoms with Crippen LogP contribution in [0, 0.1) is 11.7 Å². The molecule has 10 heteroatoms. The largest absolute Gasteiger partial charge is 0.417 e. The summed E-state index contributed by atoms with van der Waals surface area (Å²) in [6, 6.07) is 4.13. The molecule has 0 radical (unpaired) electrons. The first-order chi connectivity index (χ1) is 13.7. The van der Waals surface area contributed by atoms with E-state index in [1.807, 2.05) is 0 Å². The molecule has 1 aromatic heterocycles. The van der Waals surface area contributed by atoms with E-state index in [1.54, 1.807) is 0 Å². The summed E-state index contributed by atoms with van der Waals surface area (Å²) >= 11 is 5.88. The zero-order valence-electron chi connectivity index (χ0n) is 15.2. The van der Waals surface area contributed by atoms with Crippen LogP contribution in [-0.4, -0.2) is 30.6 Å². The molecule has 0 aliphatic carbocycles. The first-order valence-electron chi connectivity index (χ1n) is 8.89. The number of pyridine rings is 1. The fraction of sp³-hybridized carbons (Fsp3) is 0.368. The number of halogens is 5. The number of carbonyl (C=O) groups excluding carboxylic acids is 1. The Balaban J connectivity index is 1.79. The van der Waals surface area contributed by atoms with Gasteiger partial charge in [-0.25, -0.2) is 9.37 Å². The Morgan fingerprint density at radius 3 is 2.62 bits per heavy atom. The van der Waals surface area contributed by atoms with Crippen LogP contribution in [0.4, 0.5) is 29.1 Å². The molecule has 0 atom stereocenters. The lowest BCUT2D eigenvalue weighted by atomic mass is 10.00. The SMILES string of the molecule is O=C(NCC1CCOCC1)c1cnc(Nc2ccc(F)cc2Cl)cc1C(F)(F)F. The maximum absolute atomic E-state index is 13.5. The number of carbonyl (C=O) groups is 1. The minimum atomic E-state index is -4.77. The van der Waals surface area contributed by atoms with Crippen molar-refractivity contribution in [3.8, 4) is 0 Å². The van der Waals surface area contributed by atoms with Gasteiger partial charge in [-0.3, -0.25) is 4.79 Å². The number of nitrogens with zero attached hydrogens (tertiary/aromatic N) is 1. The summed E-state index contributed by atoms with van der Waals surface area (Å²) in [7, 11) is 0. The van der Waals surface area contributed by atoms with Crippen LogP contribution in [-0.2, 0) is 10.9 Å². The molecule has 1 amide bonds. The summed E-state index contributed by atoms with van der Waals surface area (Å²) < 4.78 is 58.9. The molecule has 1 saturated heterocycles. The fourth-order valence-corrected chi connectivity index (χ4v) is 3.17. The van der Waals surface area contributed by atoms with Gasteiger partial charge in [0.25, 0.3) is 5.91 Å². The van der Waals surface area contributed by atoms with E-state index in [0.717, 1.165) is 37.2 Å². The van der Waals surface area contributed by atoms with Gasteiger partial charge < -0.3 is 15.4 Å². The summed E-state index contributed by atoms with van der Waals surface area (Å²) in [5.41, 5.74) is -1.51. The van der Waals surface area contributed by atoms with Crippen molar-refractivity contribution < 1.29 is 27.1 Å². The van der Waals surface area contributed by atoms with Gasteiger partial charge in [0.15, 0.2) is 0 Å². The van der Waals surface area contributed by atoms with Crippen LogP contribution in [0.1, 0.15) is 28.8 Å². The Hall–Kier alpha value is -2.39. The lowest BCUT2D eigenvalue weighted by Gasteiger charge is -2.22. The van der Waals surface area contributed by atoms with Crippen LogP contribution < -0.4 is 10.6 Å². The average Bonchev–Trinajstić information content (AvgIpc) is 2.68. The standard InChI is InChI=1S/C19H18ClF4N3O2/c20-15-7-12(21)1-2-16(15)27-17-8-14(19(22,23)24)13(10-25-17)18(28)26-9-11-3-5-29-6-4-11/h1-2,7-8,10-11H,3-6,9H2,(H,25,27)(H,26,28). The Morgan fingerprint density at radius 1 is 1.24 bits per heavy atom. The highest BCUT2D eigenvalue weighted by Gasteiger charge is 2.36. The predicted molar refractivity (Wildman–Crippen MR) is 99.8 cm³/mol. The summed E-state index contributed by atoms with van der Waals surface area (Å²) in [6.07, 6.45) is -2.42. The zero-order chi connectivity index (χ0) is 21.0. The molecule has 0 unspecified atom stereocenters. The molecule has 3 rings (SSSR count). The summed E-state index contributed by atoms with van der Waals surface area (Å²) in [6.45, 7) is 1.41. The van der Waals surface area contributed by atoms with Crippen molar-refractivity contribution in [3.05, 3.63) is 52.4 Å². The molecule has 5 nitrogen and oxygen atoms in total. The quantitative estimate of drug-likeness (QED) is 0.668. The van der Waals surface area contributed by atoms with Crippen molar-refractivity contribution in [2.24, 2.45) is 5.92 Å². The first-order valence-corrected chi connectivity index (χ1v) is 9.27. The third-order valence-electron chi connectivity index (χ3n) is 4.54. The average molecular weight is 432 g/mol. The topological polar surface area (TPSA) is 63.2 Å². The van der Waals surface area contributed by atoms with Gasteiger partial charge in [-0.1, -0.05) is 11.6 Å². The summed E-state index contributed by atoms with van der Waals surface area (Å²) in [4.78, 5) is 16.2. The van der Waals surface area contributed by atoms with Gasteiger partial charge in [0, 0.05) is 26.0 Å². The van der Waals surface area contributed by atoms with Crippen molar-refractivity contribution in [3.63, 3.8) is 0 Å². The summed E-state index contributed by atoms with van der Waals surface area (Å²) in [5, 5.41) is 5.14. The van der Waals surface area contributed by atoms with E-state index in [4.69, 9.17) is 16.3 Å². The van der Waals surface area contributed by atoms with Gasteiger partial charge in [0.2, 0.25) is 0 Å². The molecule has 1 aliphatic heterocycles. The maximum atomic E-state index is 13.5. The van der Waals surface area contributed by atoms with Crippen LogP contribution in [0.15, 0.2) is 30.5 Å². The fourth-order valence-electron chi connectivity index (χ4n) is 2.95. The number of benzene rings is 1. The highest BCUT2D eigenvalue weighted by Crippen LogP contribution is 2.34. The van der Waals surface area contributed by atoms with Crippen molar-refractivity contribution in [2.75, 3.05) is 25.1 Å². The van der Waals surface area contributed by atoms with E-state index < -0.39 is 29.0 Å². The molecule has 0 saturated carbocycles. The van der Waals surface area contributed by atoms with Gasteiger partial charge in [0.05, 0.1) is 21.8 Å². The van der Waals surface area contributed by atoms with E-state index >= 15 is 0 Å².